The molecule has 2 rings (SSSR count). The molecule has 0 fully saturated rings. The number of aromatic nitrogens is 2. The van der Waals surface area contributed by atoms with Gasteiger partial charge in [-0.25, -0.2) is 4.39 Å². The topological polar surface area (TPSA) is 64.9 Å². The molecular weight excluding hydrogens is 221 g/mol. The monoisotopic (exact) mass is 235 g/mol. The predicted molar refractivity (Wildman–Crippen MR) is 61.5 cm³/mol. The van der Waals surface area contributed by atoms with Gasteiger partial charge >= 0.3 is 0 Å². The first kappa shape index (κ1) is 11.7. The standard InChI is InChI=1S/C12H14FN3O/c1-2-5-10(14)11-15-12(17-16-11)8-6-3-4-7-9(8)13/h3-4,6-7,10H,2,5,14H2,1H3. The van der Waals surface area contributed by atoms with Crippen LogP contribution in [0.4, 0.5) is 4.39 Å². The maximum Gasteiger partial charge on any atom is 0.260 e. The number of nitrogens with zero attached hydrogens (tertiary/aromatic N) is 2. The van der Waals surface area contributed by atoms with E-state index in [1.54, 1.807) is 18.2 Å². The zero-order valence-electron chi connectivity index (χ0n) is 9.56. The van der Waals surface area contributed by atoms with E-state index in [1.807, 2.05) is 6.92 Å². The van der Waals surface area contributed by atoms with Crippen LogP contribution in [0, 0.1) is 5.82 Å². The van der Waals surface area contributed by atoms with Gasteiger partial charge in [0.1, 0.15) is 5.82 Å². The van der Waals surface area contributed by atoms with Gasteiger partial charge in [0.15, 0.2) is 5.82 Å². The number of rotatable bonds is 4. The largest absolute Gasteiger partial charge is 0.334 e. The summed E-state index contributed by atoms with van der Waals surface area (Å²) in [6, 6.07) is 6.01. The van der Waals surface area contributed by atoms with Crippen LogP contribution in [-0.4, -0.2) is 10.1 Å². The second-order valence-electron chi connectivity index (χ2n) is 3.83. The van der Waals surface area contributed by atoms with E-state index < -0.39 is 0 Å². The maximum atomic E-state index is 13.5. The van der Waals surface area contributed by atoms with Gasteiger partial charge in [-0.15, -0.1) is 0 Å². The quantitative estimate of drug-likeness (QED) is 0.884. The Bertz CT molecular complexity index is 498. The fraction of sp³-hybridized carbons (Fsp3) is 0.333. The molecule has 2 N–H and O–H groups in total. The Kier molecular flexibility index (Phi) is 3.49. The van der Waals surface area contributed by atoms with Crippen LogP contribution in [0.15, 0.2) is 28.8 Å². The molecule has 5 heteroatoms. The predicted octanol–water partition coefficient (Wildman–Crippen LogP) is 2.68. The third-order valence-corrected chi connectivity index (χ3v) is 2.48. The minimum atomic E-state index is -0.383. The van der Waals surface area contributed by atoms with E-state index in [1.165, 1.54) is 6.07 Å². The molecule has 90 valence electrons. The molecule has 0 aliphatic heterocycles. The van der Waals surface area contributed by atoms with Crippen molar-refractivity contribution in [3.8, 4) is 11.5 Å². The summed E-state index contributed by atoms with van der Waals surface area (Å²) in [5.74, 6) is 0.210. The first-order valence-electron chi connectivity index (χ1n) is 5.56. The van der Waals surface area contributed by atoms with Crippen molar-refractivity contribution in [2.24, 2.45) is 5.73 Å². The molecule has 0 saturated heterocycles. The van der Waals surface area contributed by atoms with Crippen molar-refractivity contribution in [3.63, 3.8) is 0 Å². The summed E-state index contributed by atoms with van der Waals surface area (Å²) >= 11 is 0. The molecule has 1 aromatic carbocycles. The number of hydrogen-bond donors (Lipinski definition) is 1. The van der Waals surface area contributed by atoms with E-state index in [-0.39, 0.29) is 17.7 Å². The average Bonchev–Trinajstić information content (AvgIpc) is 2.79. The Labute approximate surface area is 98.6 Å². The molecule has 1 unspecified atom stereocenters. The van der Waals surface area contributed by atoms with Crippen molar-refractivity contribution in [2.75, 3.05) is 0 Å². The van der Waals surface area contributed by atoms with E-state index in [0.717, 1.165) is 12.8 Å². The van der Waals surface area contributed by atoms with Crippen LogP contribution in [0.3, 0.4) is 0 Å². The highest BCUT2D eigenvalue weighted by Crippen LogP contribution is 2.22. The molecule has 0 saturated carbocycles. The Morgan fingerprint density at radius 2 is 2.18 bits per heavy atom. The minimum absolute atomic E-state index is 0.171. The van der Waals surface area contributed by atoms with Crippen molar-refractivity contribution >= 4 is 0 Å². The molecule has 1 atom stereocenters. The Hall–Kier alpha value is -1.75. The van der Waals surface area contributed by atoms with Crippen molar-refractivity contribution in [3.05, 3.63) is 35.9 Å². The Morgan fingerprint density at radius 3 is 2.88 bits per heavy atom. The van der Waals surface area contributed by atoms with Crippen molar-refractivity contribution in [2.45, 2.75) is 25.8 Å². The zero-order valence-corrected chi connectivity index (χ0v) is 9.56. The second kappa shape index (κ2) is 5.05. The van der Waals surface area contributed by atoms with Gasteiger partial charge < -0.3 is 10.3 Å². The molecule has 0 bridgehead atoms. The first-order chi connectivity index (χ1) is 8.22. The molecule has 0 spiro atoms. The van der Waals surface area contributed by atoms with E-state index >= 15 is 0 Å². The molecule has 0 radical (unpaired) electrons. The van der Waals surface area contributed by atoms with Gasteiger partial charge in [-0.05, 0) is 18.6 Å². The summed E-state index contributed by atoms with van der Waals surface area (Å²) < 4.78 is 18.5. The van der Waals surface area contributed by atoms with E-state index in [4.69, 9.17) is 10.3 Å². The van der Waals surface area contributed by atoms with Gasteiger partial charge in [-0.1, -0.05) is 30.6 Å². The van der Waals surface area contributed by atoms with Crippen molar-refractivity contribution < 1.29 is 8.91 Å². The molecule has 17 heavy (non-hydrogen) atoms. The number of hydrogen-bond acceptors (Lipinski definition) is 4. The summed E-state index contributed by atoms with van der Waals surface area (Å²) in [6.45, 7) is 2.03. The van der Waals surface area contributed by atoms with Crippen LogP contribution in [-0.2, 0) is 0 Å². The van der Waals surface area contributed by atoms with Gasteiger partial charge in [0.25, 0.3) is 5.89 Å². The second-order valence-corrected chi connectivity index (χ2v) is 3.83. The molecule has 4 nitrogen and oxygen atoms in total. The summed E-state index contributed by atoms with van der Waals surface area (Å²) in [5, 5.41) is 3.77. The molecule has 1 aromatic heterocycles. The summed E-state index contributed by atoms with van der Waals surface area (Å²) in [5.41, 5.74) is 6.16. The van der Waals surface area contributed by atoms with Crippen molar-refractivity contribution in [1.29, 1.82) is 0 Å². The van der Waals surface area contributed by atoms with Crippen LogP contribution < -0.4 is 5.73 Å². The van der Waals surface area contributed by atoms with Crippen LogP contribution in [0.5, 0.6) is 0 Å². The molecule has 0 aliphatic carbocycles. The lowest BCUT2D eigenvalue weighted by Crippen LogP contribution is -2.11. The van der Waals surface area contributed by atoms with Gasteiger partial charge in [-0.3, -0.25) is 0 Å². The normalized spacial score (nSPS) is 12.6. The van der Waals surface area contributed by atoms with E-state index in [0.29, 0.717) is 11.4 Å². The van der Waals surface area contributed by atoms with Gasteiger partial charge in [0, 0.05) is 0 Å². The number of halogens is 1. The van der Waals surface area contributed by atoms with Crippen LogP contribution in [0.25, 0.3) is 11.5 Å². The average molecular weight is 235 g/mol. The highest BCUT2D eigenvalue weighted by Gasteiger charge is 2.16. The lowest BCUT2D eigenvalue weighted by atomic mass is 10.2. The van der Waals surface area contributed by atoms with E-state index in [9.17, 15) is 4.39 Å². The lowest BCUT2D eigenvalue weighted by Gasteiger charge is -2.02. The third kappa shape index (κ3) is 2.50. The van der Waals surface area contributed by atoms with Crippen molar-refractivity contribution in [1.82, 2.24) is 10.1 Å². The van der Waals surface area contributed by atoms with Crippen LogP contribution >= 0.6 is 0 Å². The summed E-state index contributed by atoms with van der Waals surface area (Å²) in [6.07, 6.45) is 1.71. The zero-order chi connectivity index (χ0) is 12.3. The summed E-state index contributed by atoms with van der Waals surface area (Å²) in [7, 11) is 0. The lowest BCUT2D eigenvalue weighted by molar-refractivity contribution is 0.411. The molecular formula is C12H14FN3O. The van der Waals surface area contributed by atoms with Crippen LogP contribution in [0.2, 0.25) is 0 Å². The Balaban J connectivity index is 2.27. The van der Waals surface area contributed by atoms with Gasteiger partial charge in [0.2, 0.25) is 0 Å². The Morgan fingerprint density at radius 1 is 1.41 bits per heavy atom. The highest BCUT2D eigenvalue weighted by atomic mass is 19.1. The molecule has 2 aromatic rings. The first-order valence-corrected chi connectivity index (χ1v) is 5.56. The SMILES string of the molecule is CCCC(N)c1noc(-c2ccccc2F)n1. The van der Waals surface area contributed by atoms with Gasteiger partial charge in [0.05, 0.1) is 11.6 Å². The summed E-state index contributed by atoms with van der Waals surface area (Å²) in [4.78, 5) is 4.12. The minimum Gasteiger partial charge on any atom is -0.334 e. The van der Waals surface area contributed by atoms with Crippen LogP contribution in [0.1, 0.15) is 31.6 Å². The third-order valence-electron chi connectivity index (χ3n) is 2.48. The molecule has 0 aliphatic rings. The molecule has 1 heterocycles. The highest BCUT2D eigenvalue weighted by molar-refractivity contribution is 5.53. The van der Waals surface area contributed by atoms with Gasteiger partial charge in [-0.2, -0.15) is 4.98 Å². The van der Waals surface area contributed by atoms with E-state index in [2.05, 4.69) is 10.1 Å². The molecule has 0 amide bonds. The fourth-order valence-corrected chi connectivity index (χ4v) is 1.57. The smallest absolute Gasteiger partial charge is 0.260 e. The maximum absolute atomic E-state index is 13.5. The fourth-order valence-electron chi connectivity index (χ4n) is 1.57. The number of benzene rings is 1. The number of nitrogens with two attached hydrogens (primary N) is 1.